The Balaban J connectivity index is 2.33. The minimum Gasteiger partial charge on any atom is -0.298 e. The van der Waals surface area contributed by atoms with Crippen molar-refractivity contribution in [1.82, 2.24) is 9.21 Å². The molecule has 2 atom stereocenters. The van der Waals surface area contributed by atoms with Crippen LogP contribution in [0.3, 0.4) is 0 Å². The van der Waals surface area contributed by atoms with E-state index in [9.17, 15) is 8.42 Å². The van der Waals surface area contributed by atoms with E-state index in [2.05, 4.69) is 4.90 Å². The van der Waals surface area contributed by atoms with Gasteiger partial charge >= 0.3 is 0 Å². The van der Waals surface area contributed by atoms with E-state index < -0.39 is 10.0 Å². The zero-order valence-electron chi connectivity index (χ0n) is 12.3. The zero-order chi connectivity index (χ0) is 15.1. The van der Waals surface area contributed by atoms with Gasteiger partial charge in [0.15, 0.2) is 0 Å². The molecule has 1 saturated heterocycles. The first-order chi connectivity index (χ1) is 9.23. The molecule has 1 aliphatic heterocycles. The maximum absolute atomic E-state index is 12.7. The van der Waals surface area contributed by atoms with E-state index in [4.69, 9.17) is 11.6 Å². The van der Waals surface area contributed by atoms with Crippen molar-refractivity contribution in [3.63, 3.8) is 0 Å². The number of sulfonamides is 1. The molecule has 1 aromatic rings. The molecule has 4 nitrogen and oxygen atoms in total. The summed E-state index contributed by atoms with van der Waals surface area (Å²) in [5.74, 6) is 0. The van der Waals surface area contributed by atoms with Gasteiger partial charge in [0.2, 0.25) is 10.0 Å². The molecule has 1 heterocycles. The fourth-order valence-corrected chi connectivity index (χ4v) is 4.31. The maximum Gasteiger partial charge on any atom is 0.243 e. The second-order valence-electron chi connectivity index (χ2n) is 5.60. The lowest BCUT2D eigenvalue weighted by molar-refractivity contribution is 0.105. The molecule has 0 radical (unpaired) electrons. The number of hydrogen-bond donors (Lipinski definition) is 0. The minimum atomic E-state index is -3.47. The van der Waals surface area contributed by atoms with Crippen molar-refractivity contribution in [3.8, 4) is 0 Å². The standard InChI is InChI=1S/C14H21ClN2O2S/c1-10-5-6-13(7-14(10)15)20(18,19)17-8-11(2)16(4)12(3)9-17/h5-7,11-12H,8-9H2,1-4H3. The van der Waals surface area contributed by atoms with Crippen LogP contribution in [0.15, 0.2) is 23.1 Å². The molecule has 1 aliphatic rings. The molecule has 0 aliphatic carbocycles. The Morgan fingerprint density at radius 2 is 1.75 bits per heavy atom. The predicted octanol–water partition coefficient (Wildman–Crippen LogP) is 2.36. The smallest absolute Gasteiger partial charge is 0.243 e. The van der Waals surface area contributed by atoms with Crippen LogP contribution in [0.5, 0.6) is 0 Å². The normalized spacial score (nSPS) is 25.9. The van der Waals surface area contributed by atoms with E-state index in [0.717, 1.165) is 5.56 Å². The number of rotatable bonds is 2. The lowest BCUT2D eigenvalue weighted by atomic mass is 10.1. The fourth-order valence-electron chi connectivity index (χ4n) is 2.44. The summed E-state index contributed by atoms with van der Waals surface area (Å²) in [5, 5.41) is 0.487. The van der Waals surface area contributed by atoms with Gasteiger partial charge in [-0.1, -0.05) is 17.7 Å². The minimum absolute atomic E-state index is 0.203. The highest BCUT2D eigenvalue weighted by Crippen LogP contribution is 2.25. The highest BCUT2D eigenvalue weighted by atomic mass is 35.5. The second-order valence-corrected chi connectivity index (χ2v) is 7.94. The Hall–Kier alpha value is -0.620. The van der Waals surface area contributed by atoms with E-state index in [1.165, 1.54) is 0 Å². The summed E-state index contributed by atoms with van der Waals surface area (Å²) >= 11 is 6.05. The third kappa shape index (κ3) is 2.86. The lowest BCUT2D eigenvalue weighted by Crippen LogP contribution is -2.56. The summed E-state index contributed by atoms with van der Waals surface area (Å²) in [5.41, 5.74) is 0.880. The first-order valence-electron chi connectivity index (χ1n) is 6.71. The van der Waals surface area contributed by atoms with E-state index in [1.54, 1.807) is 22.5 Å². The predicted molar refractivity (Wildman–Crippen MR) is 81.6 cm³/mol. The molecule has 0 spiro atoms. The summed E-state index contributed by atoms with van der Waals surface area (Å²) in [6, 6.07) is 5.33. The van der Waals surface area contributed by atoms with Crippen LogP contribution in [0.1, 0.15) is 19.4 Å². The van der Waals surface area contributed by atoms with Crippen molar-refractivity contribution in [2.75, 3.05) is 20.1 Å². The van der Waals surface area contributed by atoms with Gasteiger partial charge in [-0.3, -0.25) is 4.90 Å². The van der Waals surface area contributed by atoms with Gasteiger partial charge in [-0.25, -0.2) is 8.42 Å². The van der Waals surface area contributed by atoms with Crippen LogP contribution in [0.2, 0.25) is 5.02 Å². The Bertz CT molecular complexity index is 591. The fraction of sp³-hybridized carbons (Fsp3) is 0.571. The SMILES string of the molecule is Cc1ccc(S(=O)(=O)N2CC(C)N(C)C(C)C2)cc1Cl. The van der Waals surface area contributed by atoms with Crippen molar-refractivity contribution in [1.29, 1.82) is 0 Å². The third-order valence-electron chi connectivity index (χ3n) is 4.11. The number of likely N-dealkylation sites (N-methyl/N-ethyl adjacent to an activating group) is 1. The number of piperazine rings is 1. The molecule has 2 unspecified atom stereocenters. The summed E-state index contributed by atoms with van der Waals surface area (Å²) in [6.07, 6.45) is 0. The van der Waals surface area contributed by atoms with E-state index in [0.29, 0.717) is 18.1 Å². The lowest BCUT2D eigenvalue weighted by Gasteiger charge is -2.41. The largest absolute Gasteiger partial charge is 0.298 e. The first kappa shape index (κ1) is 15.8. The monoisotopic (exact) mass is 316 g/mol. The number of aryl methyl sites for hydroxylation is 1. The van der Waals surface area contributed by atoms with Crippen molar-refractivity contribution < 1.29 is 8.42 Å². The van der Waals surface area contributed by atoms with Crippen LogP contribution in [0.4, 0.5) is 0 Å². The van der Waals surface area contributed by atoms with Crippen molar-refractivity contribution in [2.24, 2.45) is 0 Å². The van der Waals surface area contributed by atoms with Gasteiger partial charge in [0.05, 0.1) is 4.90 Å². The first-order valence-corrected chi connectivity index (χ1v) is 8.53. The Labute approximate surface area is 126 Å². The van der Waals surface area contributed by atoms with Crippen LogP contribution in [0, 0.1) is 6.92 Å². The van der Waals surface area contributed by atoms with Gasteiger partial charge < -0.3 is 0 Å². The van der Waals surface area contributed by atoms with Gasteiger partial charge in [-0.15, -0.1) is 0 Å². The summed E-state index contributed by atoms with van der Waals surface area (Å²) in [4.78, 5) is 2.48. The number of nitrogens with zero attached hydrogens (tertiary/aromatic N) is 2. The maximum atomic E-state index is 12.7. The Morgan fingerprint density at radius 1 is 1.20 bits per heavy atom. The van der Waals surface area contributed by atoms with E-state index >= 15 is 0 Å². The molecule has 0 N–H and O–H groups in total. The number of hydrogen-bond acceptors (Lipinski definition) is 3. The number of benzene rings is 1. The van der Waals surface area contributed by atoms with Crippen molar-refractivity contribution in [3.05, 3.63) is 28.8 Å². The Morgan fingerprint density at radius 3 is 2.25 bits per heavy atom. The van der Waals surface area contributed by atoms with E-state index in [-0.39, 0.29) is 17.0 Å². The van der Waals surface area contributed by atoms with Gasteiger partial charge in [-0.05, 0) is 45.5 Å². The molecule has 0 amide bonds. The number of halogens is 1. The molecule has 20 heavy (non-hydrogen) atoms. The third-order valence-corrected chi connectivity index (χ3v) is 6.34. The van der Waals surface area contributed by atoms with Gasteiger partial charge in [-0.2, -0.15) is 4.31 Å². The van der Waals surface area contributed by atoms with Crippen LogP contribution in [-0.2, 0) is 10.0 Å². The summed E-state index contributed by atoms with van der Waals surface area (Å²) < 4.78 is 27.0. The topological polar surface area (TPSA) is 40.6 Å². The Kier molecular flexibility index (Phi) is 4.44. The summed E-state index contributed by atoms with van der Waals surface area (Å²) in [6.45, 7) is 6.96. The summed E-state index contributed by atoms with van der Waals surface area (Å²) in [7, 11) is -1.44. The van der Waals surface area contributed by atoms with Crippen LogP contribution in [0.25, 0.3) is 0 Å². The molecular formula is C14H21ClN2O2S. The highest BCUT2D eigenvalue weighted by molar-refractivity contribution is 7.89. The van der Waals surface area contributed by atoms with Gasteiger partial charge in [0.1, 0.15) is 0 Å². The molecule has 112 valence electrons. The van der Waals surface area contributed by atoms with Crippen LogP contribution >= 0.6 is 11.6 Å². The molecule has 1 aromatic carbocycles. The van der Waals surface area contributed by atoms with Crippen molar-refractivity contribution >= 4 is 21.6 Å². The molecule has 0 bridgehead atoms. The molecular weight excluding hydrogens is 296 g/mol. The quantitative estimate of drug-likeness (QED) is 0.841. The zero-order valence-corrected chi connectivity index (χ0v) is 13.9. The van der Waals surface area contributed by atoms with E-state index in [1.807, 2.05) is 27.8 Å². The van der Waals surface area contributed by atoms with Crippen molar-refractivity contribution in [2.45, 2.75) is 37.8 Å². The van der Waals surface area contributed by atoms with Crippen LogP contribution < -0.4 is 0 Å². The highest BCUT2D eigenvalue weighted by Gasteiger charge is 2.34. The average Bonchev–Trinajstić information content (AvgIpc) is 2.38. The molecule has 2 rings (SSSR count). The molecule has 1 fully saturated rings. The second kappa shape index (κ2) is 5.64. The van der Waals surface area contributed by atoms with Gasteiger partial charge in [0.25, 0.3) is 0 Å². The molecule has 0 aromatic heterocycles. The van der Waals surface area contributed by atoms with Gasteiger partial charge in [0, 0.05) is 30.2 Å². The molecule has 0 saturated carbocycles. The average molecular weight is 317 g/mol. The van der Waals surface area contributed by atoms with Crippen LogP contribution in [-0.4, -0.2) is 49.8 Å². The molecule has 6 heteroatoms.